The third-order valence-corrected chi connectivity index (χ3v) is 6.86. The molecule has 9 heteroatoms. The van der Waals surface area contributed by atoms with Crippen LogP contribution in [0.4, 0.5) is 0 Å². The SMILES string of the molecule is COc1ccc(-c2noc(CN3CCN(Cc4csc(-c5ccc(Cl)cc5)n4)CC3)n2)cc1. The molecule has 0 saturated carbocycles. The molecule has 7 nitrogen and oxygen atoms in total. The first-order chi connectivity index (χ1) is 16.2. The second-order valence-corrected chi connectivity index (χ2v) is 9.24. The van der Waals surface area contributed by atoms with Gasteiger partial charge in [-0.1, -0.05) is 28.9 Å². The lowest BCUT2D eigenvalue weighted by molar-refractivity contribution is 0.111. The number of rotatable bonds is 7. The van der Waals surface area contributed by atoms with Gasteiger partial charge in [0.1, 0.15) is 10.8 Å². The van der Waals surface area contributed by atoms with Crippen molar-refractivity contribution in [3.63, 3.8) is 0 Å². The van der Waals surface area contributed by atoms with Crippen molar-refractivity contribution in [2.24, 2.45) is 0 Å². The minimum Gasteiger partial charge on any atom is -0.497 e. The zero-order valence-corrected chi connectivity index (χ0v) is 19.8. The summed E-state index contributed by atoms with van der Waals surface area (Å²) in [4.78, 5) is 14.2. The van der Waals surface area contributed by atoms with Crippen LogP contribution in [0.1, 0.15) is 11.6 Å². The van der Waals surface area contributed by atoms with Crippen LogP contribution in [0, 0.1) is 0 Å². The van der Waals surface area contributed by atoms with E-state index < -0.39 is 0 Å². The summed E-state index contributed by atoms with van der Waals surface area (Å²) in [7, 11) is 1.65. The van der Waals surface area contributed by atoms with Gasteiger partial charge >= 0.3 is 0 Å². The van der Waals surface area contributed by atoms with Gasteiger partial charge in [-0.2, -0.15) is 4.98 Å². The summed E-state index contributed by atoms with van der Waals surface area (Å²) >= 11 is 7.67. The van der Waals surface area contributed by atoms with Crippen molar-refractivity contribution < 1.29 is 9.26 Å². The van der Waals surface area contributed by atoms with E-state index in [9.17, 15) is 0 Å². The van der Waals surface area contributed by atoms with Gasteiger partial charge < -0.3 is 9.26 Å². The molecule has 4 aromatic rings. The maximum atomic E-state index is 5.99. The summed E-state index contributed by atoms with van der Waals surface area (Å²) in [6.07, 6.45) is 0. The van der Waals surface area contributed by atoms with E-state index in [2.05, 4.69) is 25.3 Å². The number of ether oxygens (including phenoxy) is 1. The van der Waals surface area contributed by atoms with E-state index in [4.69, 9.17) is 25.8 Å². The molecule has 0 spiro atoms. The molecule has 0 bridgehead atoms. The van der Waals surface area contributed by atoms with Crippen LogP contribution in [0.5, 0.6) is 5.75 Å². The van der Waals surface area contributed by atoms with Crippen LogP contribution < -0.4 is 4.74 Å². The van der Waals surface area contributed by atoms with Crippen molar-refractivity contribution in [2.45, 2.75) is 13.1 Å². The molecule has 1 aliphatic heterocycles. The third-order valence-electron chi connectivity index (χ3n) is 5.67. The van der Waals surface area contributed by atoms with Gasteiger partial charge in [0, 0.05) is 54.3 Å². The van der Waals surface area contributed by atoms with E-state index >= 15 is 0 Å². The maximum Gasteiger partial charge on any atom is 0.241 e. The van der Waals surface area contributed by atoms with E-state index in [1.807, 2.05) is 48.5 Å². The van der Waals surface area contributed by atoms with Crippen LogP contribution in [0.3, 0.4) is 0 Å². The number of hydrogen-bond donors (Lipinski definition) is 0. The van der Waals surface area contributed by atoms with Crippen LogP contribution >= 0.6 is 22.9 Å². The molecule has 33 heavy (non-hydrogen) atoms. The van der Waals surface area contributed by atoms with Gasteiger partial charge in [-0.25, -0.2) is 4.98 Å². The normalized spacial score (nSPS) is 15.1. The van der Waals surface area contributed by atoms with Gasteiger partial charge in [0.05, 0.1) is 19.3 Å². The Hall–Kier alpha value is -2.78. The smallest absolute Gasteiger partial charge is 0.241 e. The third kappa shape index (κ3) is 5.42. The molecule has 0 amide bonds. The molecule has 2 aromatic heterocycles. The standard InChI is InChI=1S/C24H24ClN5O2S/c1-31-21-8-4-17(5-9-21)23-27-22(32-28-23)15-30-12-10-29(11-13-30)14-20-16-33-24(26-20)18-2-6-19(25)7-3-18/h2-9,16H,10-15H2,1H3. The number of methoxy groups -OCH3 is 1. The van der Waals surface area contributed by atoms with Crippen LogP contribution in [0.25, 0.3) is 22.0 Å². The fourth-order valence-electron chi connectivity index (χ4n) is 3.81. The van der Waals surface area contributed by atoms with Gasteiger partial charge in [-0.05, 0) is 36.4 Å². The van der Waals surface area contributed by atoms with Crippen LogP contribution in [-0.4, -0.2) is 58.2 Å². The highest BCUT2D eigenvalue weighted by Crippen LogP contribution is 2.26. The van der Waals surface area contributed by atoms with Gasteiger partial charge in [0.15, 0.2) is 0 Å². The molecule has 3 heterocycles. The summed E-state index contributed by atoms with van der Waals surface area (Å²) in [5.41, 5.74) is 3.13. The number of thiazole rings is 1. The van der Waals surface area contributed by atoms with Crippen molar-refractivity contribution in [1.29, 1.82) is 0 Å². The van der Waals surface area contributed by atoms with Crippen LogP contribution in [0.15, 0.2) is 58.4 Å². The lowest BCUT2D eigenvalue weighted by Crippen LogP contribution is -2.45. The highest BCUT2D eigenvalue weighted by Gasteiger charge is 2.20. The predicted molar refractivity (Wildman–Crippen MR) is 129 cm³/mol. The minimum absolute atomic E-state index is 0.603. The Morgan fingerprint density at radius 1 is 0.909 bits per heavy atom. The highest BCUT2D eigenvalue weighted by atomic mass is 35.5. The second-order valence-electron chi connectivity index (χ2n) is 7.94. The molecule has 1 saturated heterocycles. The van der Waals surface area contributed by atoms with Crippen molar-refractivity contribution >= 4 is 22.9 Å². The number of piperazine rings is 1. The Labute approximate surface area is 201 Å². The summed E-state index contributed by atoms with van der Waals surface area (Å²) in [6, 6.07) is 15.5. The lowest BCUT2D eigenvalue weighted by Gasteiger charge is -2.33. The first-order valence-corrected chi connectivity index (χ1v) is 12.0. The zero-order chi connectivity index (χ0) is 22.6. The van der Waals surface area contributed by atoms with E-state index in [1.165, 1.54) is 0 Å². The topological polar surface area (TPSA) is 67.5 Å². The summed E-state index contributed by atoms with van der Waals surface area (Å²) in [5.74, 6) is 2.05. The minimum atomic E-state index is 0.603. The summed E-state index contributed by atoms with van der Waals surface area (Å²) in [5, 5.41) is 8.05. The molecule has 0 unspecified atom stereocenters. The molecule has 0 radical (unpaired) electrons. The fourth-order valence-corrected chi connectivity index (χ4v) is 4.75. The molecule has 1 aliphatic rings. The van der Waals surface area contributed by atoms with Gasteiger partial charge in [-0.3, -0.25) is 9.80 Å². The molecule has 170 valence electrons. The Morgan fingerprint density at radius 3 is 2.27 bits per heavy atom. The van der Waals surface area contributed by atoms with E-state index in [1.54, 1.807) is 18.4 Å². The van der Waals surface area contributed by atoms with Crippen molar-refractivity contribution in [2.75, 3.05) is 33.3 Å². The Kier molecular flexibility index (Phi) is 6.68. The first kappa shape index (κ1) is 22.0. The van der Waals surface area contributed by atoms with Gasteiger partial charge in [-0.15, -0.1) is 11.3 Å². The predicted octanol–water partition coefficient (Wildman–Crippen LogP) is 4.84. The van der Waals surface area contributed by atoms with Crippen LogP contribution in [-0.2, 0) is 13.1 Å². The molecule has 0 N–H and O–H groups in total. The van der Waals surface area contributed by atoms with Crippen molar-refractivity contribution in [3.05, 3.63) is 70.5 Å². The van der Waals surface area contributed by atoms with Gasteiger partial charge in [0.25, 0.3) is 0 Å². The van der Waals surface area contributed by atoms with Gasteiger partial charge in [0.2, 0.25) is 11.7 Å². The molecule has 1 fully saturated rings. The molecule has 2 aromatic carbocycles. The number of halogens is 1. The second kappa shape index (κ2) is 10.0. The Morgan fingerprint density at radius 2 is 1.58 bits per heavy atom. The molecular weight excluding hydrogens is 458 g/mol. The summed E-state index contributed by atoms with van der Waals surface area (Å²) < 4.78 is 10.7. The average molecular weight is 482 g/mol. The van der Waals surface area contributed by atoms with E-state index in [0.717, 1.165) is 65.3 Å². The zero-order valence-electron chi connectivity index (χ0n) is 18.3. The average Bonchev–Trinajstić information content (AvgIpc) is 3.51. The Balaban J connectivity index is 1.12. The fraction of sp³-hybridized carbons (Fsp3) is 0.292. The monoisotopic (exact) mass is 481 g/mol. The molecular formula is C24H24ClN5O2S. The highest BCUT2D eigenvalue weighted by molar-refractivity contribution is 7.13. The number of nitrogens with zero attached hydrogens (tertiary/aromatic N) is 5. The lowest BCUT2D eigenvalue weighted by atomic mass is 10.2. The first-order valence-electron chi connectivity index (χ1n) is 10.8. The quantitative estimate of drug-likeness (QED) is 0.374. The van der Waals surface area contributed by atoms with Crippen molar-refractivity contribution in [1.82, 2.24) is 24.9 Å². The molecule has 5 rings (SSSR count). The van der Waals surface area contributed by atoms with Crippen molar-refractivity contribution in [3.8, 4) is 27.7 Å². The number of benzene rings is 2. The largest absolute Gasteiger partial charge is 0.497 e. The van der Waals surface area contributed by atoms with E-state index in [0.29, 0.717) is 18.3 Å². The maximum absolute atomic E-state index is 5.99. The number of aromatic nitrogens is 3. The van der Waals surface area contributed by atoms with E-state index in [-0.39, 0.29) is 0 Å². The number of hydrogen-bond acceptors (Lipinski definition) is 8. The molecule has 0 atom stereocenters. The molecule has 0 aliphatic carbocycles. The summed E-state index contributed by atoms with van der Waals surface area (Å²) in [6.45, 7) is 5.39. The Bertz CT molecular complexity index is 1180. The van der Waals surface area contributed by atoms with Crippen LogP contribution in [0.2, 0.25) is 5.02 Å².